The van der Waals surface area contributed by atoms with Gasteiger partial charge in [0, 0.05) is 31.8 Å². The zero-order valence-electron chi connectivity index (χ0n) is 8.67. The van der Waals surface area contributed by atoms with Crippen LogP contribution in [0.2, 0.25) is 0 Å². The third kappa shape index (κ3) is 6.45. The molecule has 0 aromatic carbocycles. The van der Waals surface area contributed by atoms with Crippen LogP contribution >= 0.6 is 0 Å². The van der Waals surface area contributed by atoms with Crippen molar-refractivity contribution in [1.82, 2.24) is 0 Å². The Morgan fingerprint density at radius 2 is 1.33 bits per heavy atom. The largest absolute Gasteiger partial charge is 0.299 e. The molecule has 15 heavy (non-hydrogen) atoms. The molecule has 2 heteroatoms. The van der Waals surface area contributed by atoms with Gasteiger partial charge in [-0.05, 0) is 57.8 Å². The summed E-state index contributed by atoms with van der Waals surface area (Å²) >= 11 is 0. The van der Waals surface area contributed by atoms with Gasteiger partial charge in [0.1, 0.15) is 5.78 Å². The van der Waals surface area contributed by atoms with E-state index in [2.05, 4.69) is 0 Å². The summed E-state index contributed by atoms with van der Waals surface area (Å²) in [5.41, 5.74) is 0. The van der Waals surface area contributed by atoms with Gasteiger partial charge in [-0.15, -0.1) is 0 Å². The Kier molecular flexibility index (Phi) is 9.70. The van der Waals surface area contributed by atoms with Crippen LogP contribution in [0.3, 0.4) is 0 Å². The molecule has 0 heterocycles. The van der Waals surface area contributed by atoms with Crippen LogP contribution in [0.25, 0.3) is 0 Å². The van der Waals surface area contributed by atoms with Crippen LogP contribution in [-0.2, 0) is 24.3 Å². The van der Waals surface area contributed by atoms with E-state index in [-0.39, 0.29) is 25.3 Å². The van der Waals surface area contributed by atoms with Crippen molar-refractivity contribution in [1.29, 1.82) is 0 Å². The SMILES string of the molecule is CCC(=O)[C]1[CH][CH][CH][CH]1.[CH]1[CH][CH][CH][CH]1.[Ru]. The van der Waals surface area contributed by atoms with Crippen molar-refractivity contribution in [2.45, 2.75) is 13.3 Å². The van der Waals surface area contributed by atoms with Crippen LogP contribution < -0.4 is 0 Å². The third-order valence-corrected chi connectivity index (χ3v) is 1.86. The van der Waals surface area contributed by atoms with E-state index in [1.54, 1.807) is 0 Å². The maximum absolute atomic E-state index is 10.9. The average Bonchev–Trinajstić information content (AvgIpc) is 2.91. The Bertz CT molecular complexity index is 150. The van der Waals surface area contributed by atoms with Crippen LogP contribution in [-0.4, -0.2) is 5.78 Å². The minimum absolute atomic E-state index is 0. The van der Waals surface area contributed by atoms with Gasteiger partial charge in [-0.3, -0.25) is 4.79 Å². The minimum atomic E-state index is 0. The number of carbonyl (C=O) groups is 1. The normalized spacial score (nSPS) is 20.3. The molecule has 0 spiro atoms. The van der Waals surface area contributed by atoms with Gasteiger partial charge in [-0.1, -0.05) is 6.92 Å². The first-order chi connectivity index (χ1) is 6.84. The molecule has 0 aromatic heterocycles. The molecule has 0 unspecified atom stereocenters. The van der Waals surface area contributed by atoms with Crippen molar-refractivity contribution in [2.75, 3.05) is 0 Å². The first kappa shape index (κ1) is 15.3. The van der Waals surface area contributed by atoms with Gasteiger partial charge in [-0.25, -0.2) is 0 Å². The standard InChI is InChI=1S/C8H9O.C5H5.Ru/c1-2-8(9)7-5-3-4-6-7;1-2-4-5-3-1;/h3-6H,2H2,1H3;1-5H;. The maximum atomic E-state index is 10.9. The van der Waals surface area contributed by atoms with Gasteiger partial charge in [0.05, 0.1) is 0 Å². The van der Waals surface area contributed by atoms with E-state index in [1.165, 1.54) is 0 Å². The number of ketones is 1. The van der Waals surface area contributed by atoms with Crippen molar-refractivity contribution in [3.8, 4) is 0 Å². The first-order valence-electron chi connectivity index (χ1n) is 4.76. The summed E-state index contributed by atoms with van der Waals surface area (Å²) < 4.78 is 0. The van der Waals surface area contributed by atoms with Crippen molar-refractivity contribution < 1.29 is 24.3 Å². The summed E-state index contributed by atoms with van der Waals surface area (Å²) in [5, 5.41) is 0. The molecule has 0 atom stereocenters. The Labute approximate surface area is 107 Å². The number of carbonyl (C=O) groups excluding carboxylic acids is 1. The molecule has 0 aliphatic heterocycles. The molecule has 0 aromatic rings. The molecular formula is C13H14ORu. The fraction of sp³-hybridized carbons (Fsp3) is 0.154. The van der Waals surface area contributed by atoms with E-state index in [1.807, 2.05) is 64.7 Å². The Morgan fingerprint density at radius 3 is 1.67 bits per heavy atom. The number of hydrogen-bond acceptors (Lipinski definition) is 1. The van der Waals surface area contributed by atoms with Crippen LogP contribution in [0, 0.1) is 63.7 Å². The predicted molar refractivity (Wildman–Crippen MR) is 57.2 cm³/mol. The Morgan fingerprint density at radius 1 is 0.933 bits per heavy atom. The second-order valence-electron chi connectivity index (χ2n) is 2.91. The van der Waals surface area contributed by atoms with E-state index in [0.29, 0.717) is 6.42 Å². The molecule has 1 nitrogen and oxygen atoms in total. The van der Waals surface area contributed by atoms with Gasteiger partial charge in [0.15, 0.2) is 0 Å². The number of Topliss-reactive ketones (excluding diaryl/α,β-unsaturated/α-hetero) is 1. The van der Waals surface area contributed by atoms with Gasteiger partial charge in [-0.2, -0.15) is 0 Å². The summed E-state index contributed by atoms with van der Waals surface area (Å²) in [7, 11) is 0. The summed E-state index contributed by atoms with van der Waals surface area (Å²) in [6.07, 6.45) is 18.0. The van der Waals surface area contributed by atoms with E-state index >= 15 is 0 Å². The van der Waals surface area contributed by atoms with Crippen molar-refractivity contribution in [3.05, 3.63) is 63.7 Å². The first-order valence-corrected chi connectivity index (χ1v) is 4.76. The van der Waals surface area contributed by atoms with E-state index < -0.39 is 0 Å². The van der Waals surface area contributed by atoms with Gasteiger partial charge in [0.2, 0.25) is 0 Å². The van der Waals surface area contributed by atoms with Crippen LogP contribution in [0.5, 0.6) is 0 Å². The molecule has 10 radical (unpaired) electrons. The molecule has 2 saturated carbocycles. The fourth-order valence-electron chi connectivity index (χ4n) is 1.08. The van der Waals surface area contributed by atoms with E-state index in [0.717, 1.165) is 5.92 Å². The van der Waals surface area contributed by atoms with Crippen molar-refractivity contribution >= 4 is 5.78 Å². The van der Waals surface area contributed by atoms with Gasteiger partial charge in [0.25, 0.3) is 0 Å². The summed E-state index contributed by atoms with van der Waals surface area (Å²) in [4.78, 5) is 10.9. The molecule has 0 saturated heterocycles. The van der Waals surface area contributed by atoms with E-state index in [9.17, 15) is 4.79 Å². The predicted octanol–water partition coefficient (Wildman–Crippen LogP) is 2.39. The monoisotopic (exact) mass is 288 g/mol. The van der Waals surface area contributed by atoms with Crippen molar-refractivity contribution in [3.63, 3.8) is 0 Å². The Balaban J connectivity index is 0.000000280. The molecule has 2 rings (SSSR count). The molecule has 0 amide bonds. The van der Waals surface area contributed by atoms with Crippen LogP contribution in [0.1, 0.15) is 13.3 Å². The smallest absolute Gasteiger partial charge is 0.140 e. The van der Waals surface area contributed by atoms with Crippen molar-refractivity contribution in [2.24, 2.45) is 0 Å². The zero-order chi connectivity index (χ0) is 10.2. The second-order valence-corrected chi connectivity index (χ2v) is 2.91. The molecule has 80 valence electrons. The minimum Gasteiger partial charge on any atom is -0.299 e. The molecular weight excluding hydrogens is 273 g/mol. The van der Waals surface area contributed by atoms with Crippen LogP contribution in [0.15, 0.2) is 0 Å². The summed E-state index contributed by atoms with van der Waals surface area (Å²) in [6, 6.07) is 0. The molecule has 2 fully saturated rings. The third-order valence-electron chi connectivity index (χ3n) is 1.86. The molecule has 0 bridgehead atoms. The molecule has 0 N–H and O–H groups in total. The number of hydrogen-bond donors (Lipinski definition) is 0. The molecule has 2 aliphatic carbocycles. The van der Waals surface area contributed by atoms with Gasteiger partial charge >= 0.3 is 0 Å². The number of rotatable bonds is 2. The van der Waals surface area contributed by atoms with E-state index in [4.69, 9.17) is 0 Å². The maximum Gasteiger partial charge on any atom is 0.140 e. The second kappa shape index (κ2) is 9.51. The van der Waals surface area contributed by atoms with Crippen LogP contribution in [0.4, 0.5) is 0 Å². The molecule has 2 aliphatic rings. The average molecular weight is 287 g/mol. The topological polar surface area (TPSA) is 17.1 Å². The fourth-order valence-corrected chi connectivity index (χ4v) is 1.08. The quantitative estimate of drug-likeness (QED) is 0.713. The van der Waals surface area contributed by atoms with Gasteiger partial charge < -0.3 is 0 Å². The summed E-state index contributed by atoms with van der Waals surface area (Å²) in [5.74, 6) is 1.05. The zero-order valence-corrected chi connectivity index (χ0v) is 10.4. The summed E-state index contributed by atoms with van der Waals surface area (Å²) in [6.45, 7) is 1.87. The Hall–Kier alpha value is 0.293.